The van der Waals surface area contributed by atoms with Gasteiger partial charge in [-0.2, -0.15) is 0 Å². The van der Waals surface area contributed by atoms with Crippen molar-refractivity contribution in [3.8, 4) is 0 Å². The average Bonchev–Trinajstić information content (AvgIpc) is 2.05. The van der Waals surface area contributed by atoms with Gasteiger partial charge in [0.25, 0.3) is 0 Å². The lowest BCUT2D eigenvalue weighted by molar-refractivity contribution is 0.115. The van der Waals surface area contributed by atoms with Gasteiger partial charge in [-0.1, -0.05) is 0 Å². The summed E-state index contributed by atoms with van der Waals surface area (Å²) < 4.78 is 21.9. The third kappa shape index (κ3) is 2.58. The maximum absolute atomic E-state index is 11.0. The van der Waals surface area contributed by atoms with Gasteiger partial charge < -0.3 is 10.0 Å². The molecule has 74 valence electrons. The van der Waals surface area contributed by atoms with Gasteiger partial charge in [0.1, 0.15) is 0 Å². The quantitative estimate of drug-likeness (QED) is 0.618. The van der Waals surface area contributed by atoms with E-state index in [0.717, 1.165) is 0 Å². The molecule has 0 radical (unpaired) electrons. The summed E-state index contributed by atoms with van der Waals surface area (Å²) in [6, 6.07) is -0.222. The van der Waals surface area contributed by atoms with E-state index in [9.17, 15) is 13.5 Å². The Bertz CT molecular complexity index is 239. The van der Waals surface area contributed by atoms with E-state index >= 15 is 0 Å². The summed E-state index contributed by atoms with van der Waals surface area (Å²) in [5, 5.41) is 9.27. The minimum atomic E-state index is -2.98. The van der Waals surface area contributed by atoms with Crippen LogP contribution in [0, 0.1) is 0 Å². The standard InChI is InChI=1S/C6H13NO3S.ClH/c1-7(2)5-3-11(9,10)4-6(5)8;/h5-6,8H,3-4H2,1-2H3;1H. The van der Waals surface area contributed by atoms with E-state index in [0.29, 0.717) is 0 Å². The Kier molecular flexibility index (Phi) is 3.96. The Morgan fingerprint density at radius 2 is 1.83 bits per heavy atom. The Balaban J connectivity index is 0.00000121. The van der Waals surface area contributed by atoms with E-state index in [-0.39, 0.29) is 30.0 Å². The Morgan fingerprint density at radius 3 is 2.00 bits per heavy atom. The van der Waals surface area contributed by atoms with Crippen LogP contribution in [0.5, 0.6) is 0 Å². The normalized spacial score (nSPS) is 33.3. The molecule has 0 amide bonds. The van der Waals surface area contributed by atoms with Gasteiger partial charge in [-0.3, -0.25) is 0 Å². The monoisotopic (exact) mass is 215 g/mol. The molecule has 1 aliphatic rings. The maximum Gasteiger partial charge on any atom is 0.154 e. The van der Waals surface area contributed by atoms with E-state index in [2.05, 4.69) is 0 Å². The molecule has 1 heterocycles. The molecule has 6 heteroatoms. The van der Waals surface area contributed by atoms with Crippen LogP contribution in [0.4, 0.5) is 0 Å². The first-order valence-corrected chi connectivity index (χ1v) is 5.29. The van der Waals surface area contributed by atoms with E-state index in [4.69, 9.17) is 0 Å². The highest BCUT2D eigenvalue weighted by molar-refractivity contribution is 7.91. The van der Waals surface area contributed by atoms with Crippen molar-refractivity contribution in [3.63, 3.8) is 0 Å². The minimum Gasteiger partial charge on any atom is -0.390 e. The van der Waals surface area contributed by atoms with E-state index in [1.54, 1.807) is 19.0 Å². The van der Waals surface area contributed by atoms with Gasteiger partial charge in [-0.15, -0.1) is 12.4 Å². The molecule has 0 aromatic rings. The molecule has 0 aromatic carbocycles. The molecule has 0 saturated carbocycles. The van der Waals surface area contributed by atoms with Crippen molar-refractivity contribution in [2.45, 2.75) is 12.1 Å². The van der Waals surface area contributed by atoms with Crippen LogP contribution in [0.3, 0.4) is 0 Å². The van der Waals surface area contributed by atoms with Crippen LogP contribution in [0.1, 0.15) is 0 Å². The number of likely N-dealkylation sites (N-methyl/N-ethyl adjacent to an activating group) is 1. The van der Waals surface area contributed by atoms with Crippen molar-refractivity contribution in [1.29, 1.82) is 0 Å². The summed E-state index contributed by atoms with van der Waals surface area (Å²) >= 11 is 0. The van der Waals surface area contributed by atoms with E-state index in [1.807, 2.05) is 0 Å². The third-order valence-electron chi connectivity index (χ3n) is 1.96. The Hall–Kier alpha value is 0.160. The molecule has 0 spiro atoms. The molecule has 1 saturated heterocycles. The average molecular weight is 216 g/mol. The van der Waals surface area contributed by atoms with Gasteiger partial charge in [0.05, 0.1) is 17.6 Å². The van der Waals surface area contributed by atoms with E-state index < -0.39 is 15.9 Å². The highest BCUT2D eigenvalue weighted by Gasteiger charge is 2.37. The van der Waals surface area contributed by atoms with Crippen LogP contribution in [0.25, 0.3) is 0 Å². The molecule has 0 aliphatic carbocycles. The van der Waals surface area contributed by atoms with Crippen LogP contribution < -0.4 is 0 Å². The van der Waals surface area contributed by atoms with Crippen molar-refractivity contribution in [2.24, 2.45) is 0 Å². The fourth-order valence-corrected chi connectivity index (χ4v) is 3.22. The van der Waals surface area contributed by atoms with Gasteiger partial charge in [0.2, 0.25) is 0 Å². The van der Waals surface area contributed by atoms with Gasteiger partial charge in [0.15, 0.2) is 9.84 Å². The first kappa shape index (κ1) is 12.2. The summed E-state index contributed by atoms with van der Waals surface area (Å²) in [6.45, 7) is 0. The zero-order valence-corrected chi connectivity index (χ0v) is 8.73. The molecule has 1 rings (SSSR count). The number of halogens is 1. The van der Waals surface area contributed by atoms with Gasteiger partial charge >= 0.3 is 0 Å². The number of hydrogen-bond acceptors (Lipinski definition) is 4. The second-order valence-electron chi connectivity index (χ2n) is 3.18. The highest BCUT2D eigenvalue weighted by Crippen LogP contribution is 2.15. The van der Waals surface area contributed by atoms with Gasteiger partial charge in [0, 0.05) is 6.04 Å². The minimum absolute atomic E-state index is 0. The third-order valence-corrected chi connectivity index (χ3v) is 3.66. The number of rotatable bonds is 1. The molecule has 1 N–H and O–H groups in total. The van der Waals surface area contributed by atoms with Crippen molar-refractivity contribution < 1.29 is 13.5 Å². The summed E-state index contributed by atoms with van der Waals surface area (Å²) in [4.78, 5) is 1.75. The molecular weight excluding hydrogens is 202 g/mol. The molecule has 0 aromatic heterocycles. The van der Waals surface area contributed by atoms with Crippen LogP contribution >= 0.6 is 12.4 Å². The zero-order chi connectivity index (χ0) is 8.65. The Labute approximate surface area is 78.9 Å². The lowest BCUT2D eigenvalue weighted by atomic mass is 10.2. The van der Waals surface area contributed by atoms with Crippen molar-refractivity contribution >= 4 is 22.2 Å². The highest BCUT2D eigenvalue weighted by atomic mass is 35.5. The topological polar surface area (TPSA) is 57.6 Å². The second-order valence-corrected chi connectivity index (χ2v) is 5.33. The number of hydrogen-bond donors (Lipinski definition) is 1. The SMILES string of the molecule is CN(C)C1CS(=O)(=O)CC1O.Cl. The van der Waals surface area contributed by atoms with Crippen LogP contribution in [-0.2, 0) is 9.84 Å². The predicted octanol–water partition coefficient (Wildman–Crippen LogP) is -0.872. The van der Waals surface area contributed by atoms with Crippen LogP contribution in [0.15, 0.2) is 0 Å². The van der Waals surface area contributed by atoms with Gasteiger partial charge in [-0.05, 0) is 14.1 Å². The van der Waals surface area contributed by atoms with Crippen molar-refractivity contribution in [2.75, 3.05) is 25.6 Å². The first-order valence-electron chi connectivity index (χ1n) is 3.47. The summed E-state index contributed by atoms with van der Waals surface area (Å²) in [5.74, 6) is -0.00296. The summed E-state index contributed by atoms with van der Waals surface area (Å²) in [5.41, 5.74) is 0. The summed E-state index contributed by atoms with van der Waals surface area (Å²) in [7, 11) is 0.564. The number of sulfone groups is 1. The maximum atomic E-state index is 11.0. The Morgan fingerprint density at radius 1 is 1.33 bits per heavy atom. The number of nitrogens with zero attached hydrogens (tertiary/aromatic N) is 1. The lowest BCUT2D eigenvalue weighted by Gasteiger charge is -2.20. The smallest absolute Gasteiger partial charge is 0.154 e. The number of aliphatic hydroxyl groups excluding tert-OH is 1. The number of aliphatic hydroxyl groups is 1. The molecule has 2 atom stereocenters. The molecular formula is C6H14ClNO3S. The fourth-order valence-electron chi connectivity index (χ4n) is 1.30. The fraction of sp³-hybridized carbons (Fsp3) is 1.00. The van der Waals surface area contributed by atoms with E-state index in [1.165, 1.54) is 0 Å². The molecule has 4 nitrogen and oxygen atoms in total. The second kappa shape index (κ2) is 3.91. The van der Waals surface area contributed by atoms with Crippen LogP contribution in [-0.4, -0.2) is 56.2 Å². The predicted molar refractivity (Wildman–Crippen MR) is 49.4 cm³/mol. The van der Waals surface area contributed by atoms with Crippen molar-refractivity contribution in [3.05, 3.63) is 0 Å². The molecule has 1 aliphatic heterocycles. The van der Waals surface area contributed by atoms with Gasteiger partial charge in [-0.25, -0.2) is 8.42 Å². The molecule has 0 bridgehead atoms. The molecule has 2 unspecified atom stereocenters. The molecule has 1 fully saturated rings. The first-order chi connectivity index (χ1) is 4.92. The van der Waals surface area contributed by atoms with Crippen LogP contribution in [0.2, 0.25) is 0 Å². The molecule has 12 heavy (non-hydrogen) atoms. The van der Waals surface area contributed by atoms with Crippen molar-refractivity contribution in [1.82, 2.24) is 4.90 Å². The lowest BCUT2D eigenvalue weighted by Crippen LogP contribution is -2.37. The summed E-state index contributed by atoms with van der Waals surface area (Å²) in [6.07, 6.45) is -0.713. The zero-order valence-electron chi connectivity index (χ0n) is 7.10. The largest absolute Gasteiger partial charge is 0.390 e.